The molecule has 0 saturated carbocycles. The zero-order chi connectivity index (χ0) is 12.4. The van der Waals surface area contributed by atoms with Crippen molar-refractivity contribution in [3.63, 3.8) is 0 Å². The third-order valence-corrected chi connectivity index (χ3v) is 4.26. The molecule has 6 heteroatoms. The van der Waals surface area contributed by atoms with Gasteiger partial charge in [0.2, 0.25) is 10.0 Å². The molecular weight excluding hydrogens is 244 g/mol. The number of hydrogen-bond acceptors (Lipinski definition) is 4. The average molecular weight is 262 g/mol. The summed E-state index contributed by atoms with van der Waals surface area (Å²) in [7, 11) is -3.37. The van der Waals surface area contributed by atoms with Crippen molar-refractivity contribution in [2.75, 3.05) is 6.54 Å². The molecule has 1 aliphatic rings. The standard InChI is InChI=1S/C10H18N2O2S2/c1-8-4-5-11-6-9(8)16(13,14)12-7-10(2,3)15/h4-6,8-9,12,15H,7H2,1-3H3. The molecule has 0 saturated heterocycles. The van der Waals surface area contributed by atoms with E-state index in [4.69, 9.17) is 0 Å². The van der Waals surface area contributed by atoms with Gasteiger partial charge in [0.1, 0.15) is 5.25 Å². The van der Waals surface area contributed by atoms with Crippen molar-refractivity contribution in [1.29, 1.82) is 0 Å². The summed E-state index contributed by atoms with van der Waals surface area (Å²) in [6.07, 6.45) is 4.88. The Labute approximate surface area is 103 Å². The summed E-state index contributed by atoms with van der Waals surface area (Å²) in [4.78, 5) is 3.88. The van der Waals surface area contributed by atoms with Gasteiger partial charge in [-0.1, -0.05) is 13.0 Å². The minimum absolute atomic E-state index is 0.0574. The number of rotatable bonds is 4. The quantitative estimate of drug-likeness (QED) is 0.748. The first-order chi connectivity index (χ1) is 7.22. The van der Waals surface area contributed by atoms with E-state index in [1.165, 1.54) is 6.21 Å². The van der Waals surface area contributed by atoms with Crippen molar-refractivity contribution >= 4 is 28.9 Å². The highest BCUT2D eigenvalue weighted by Gasteiger charge is 2.30. The maximum atomic E-state index is 12.0. The van der Waals surface area contributed by atoms with E-state index in [0.29, 0.717) is 6.54 Å². The summed E-state index contributed by atoms with van der Waals surface area (Å²) >= 11 is 4.28. The van der Waals surface area contributed by atoms with E-state index >= 15 is 0 Å². The Kier molecular flexibility index (Phi) is 4.20. The molecule has 2 atom stereocenters. The van der Waals surface area contributed by atoms with Crippen LogP contribution in [0.2, 0.25) is 0 Å². The smallest absolute Gasteiger partial charge is 0.220 e. The second-order valence-electron chi connectivity index (χ2n) is 4.64. The van der Waals surface area contributed by atoms with Crippen LogP contribution in [-0.4, -0.2) is 31.2 Å². The molecule has 1 rings (SSSR count). The maximum Gasteiger partial charge on any atom is 0.220 e. The van der Waals surface area contributed by atoms with Crippen LogP contribution in [0.4, 0.5) is 0 Å². The van der Waals surface area contributed by atoms with Gasteiger partial charge in [-0.15, -0.1) is 0 Å². The van der Waals surface area contributed by atoms with Gasteiger partial charge in [0.25, 0.3) is 0 Å². The number of nitrogens with one attached hydrogen (secondary N) is 1. The summed E-state index contributed by atoms with van der Waals surface area (Å²) < 4.78 is 26.2. The monoisotopic (exact) mass is 262 g/mol. The molecule has 0 radical (unpaired) electrons. The minimum Gasteiger partial charge on any atom is -0.268 e. The summed E-state index contributed by atoms with van der Waals surface area (Å²) in [6.45, 7) is 5.88. The Morgan fingerprint density at radius 3 is 2.62 bits per heavy atom. The normalized spacial score (nSPS) is 26.0. The van der Waals surface area contributed by atoms with Crippen LogP contribution in [0, 0.1) is 5.92 Å². The molecule has 0 spiro atoms. The first-order valence-corrected chi connectivity index (χ1v) is 7.12. The predicted molar refractivity (Wildman–Crippen MR) is 70.6 cm³/mol. The molecule has 1 aliphatic heterocycles. The summed E-state index contributed by atoms with van der Waals surface area (Å²) in [5, 5.41) is -0.590. The van der Waals surface area contributed by atoms with Gasteiger partial charge in [0.05, 0.1) is 0 Å². The molecule has 1 heterocycles. The van der Waals surface area contributed by atoms with Gasteiger partial charge in [0.15, 0.2) is 0 Å². The van der Waals surface area contributed by atoms with Crippen LogP contribution in [0.3, 0.4) is 0 Å². The van der Waals surface area contributed by atoms with Gasteiger partial charge in [0, 0.05) is 23.7 Å². The Morgan fingerprint density at radius 1 is 1.50 bits per heavy atom. The van der Waals surface area contributed by atoms with Crippen LogP contribution in [0.15, 0.2) is 17.3 Å². The lowest BCUT2D eigenvalue weighted by Gasteiger charge is -2.23. The van der Waals surface area contributed by atoms with Crippen molar-refractivity contribution in [2.24, 2.45) is 10.9 Å². The molecule has 92 valence electrons. The first-order valence-electron chi connectivity index (χ1n) is 5.13. The Balaban J connectivity index is 2.71. The van der Waals surface area contributed by atoms with E-state index in [2.05, 4.69) is 22.3 Å². The highest BCUT2D eigenvalue weighted by Crippen LogP contribution is 2.17. The van der Waals surface area contributed by atoms with E-state index in [1.807, 2.05) is 20.8 Å². The molecule has 0 aromatic rings. The Morgan fingerprint density at radius 2 is 2.12 bits per heavy atom. The number of sulfonamides is 1. The number of nitrogens with zero attached hydrogens (tertiary/aromatic N) is 1. The van der Waals surface area contributed by atoms with E-state index < -0.39 is 15.3 Å². The SMILES string of the molecule is CC1C=CN=CC1S(=O)(=O)NCC(C)(C)S. The van der Waals surface area contributed by atoms with Crippen molar-refractivity contribution in [3.8, 4) is 0 Å². The molecule has 0 amide bonds. The molecule has 0 fully saturated rings. The van der Waals surface area contributed by atoms with Gasteiger partial charge in [-0.25, -0.2) is 13.1 Å². The lowest BCUT2D eigenvalue weighted by atomic mass is 10.1. The van der Waals surface area contributed by atoms with Crippen molar-refractivity contribution in [2.45, 2.75) is 30.8 Å². The van der Waals surface area contributed by atoms with Crippen LogP contribution in [0.5, 0.6) is 0 Å². The van der Waals surface area contributed by atoms with Gasteiger partial charge in [-0.05, 0) is 19.8 Å². The van der Waals surface area contributed by atoms with E-state index in [1.54, 1.807) is 12.3 Å². The zero-order valence-electron chi connectivity index (χ0n) is 9.71. The van der Waals surface area contributed by atoms with Crippen LogP contribution >= 0.6 is 12.6 Å². The molecule has 0 aliphatic carbocycles. The molecule has 0 aromatic carbocycles. The second-order valence-corrected chi connectivity index (χ2v) is 7.78. The lowest BCUT2D eigenvalue weighted by molar-refractivity contribution is 0.555. The summed E-state index contributed by atoms with van der Waals surface area (Å²) in [6, 6.07) is 0. The molecule has 4 nitrogen and oxygen atoms in total. The highest BCUT2D eigenvalue weighted by atomic mass is 32.2. The highest BCUT2D eigenvalue weighted by molar-refractivity contribution is 7.90. The van der Waals surface area contributed by atoms with E-state index in [9.17, 15) is 8.42 Å². The molecule has 0 bridgehead atoms. The Hall–Kier alpha value is -0.330. The topological polar surface area (TPSA) is 58.5 Å². The molecule has 2 unspecified atom stereocenters. The number of allylic oxidation sites excluding steroid dienone is 1. The fourth-order valence-corrected chi connectivity index (χ4v) is 3.13. The molecular formula is C10H18N2O2S2. The Bertz CT molecular complexity index is 394. The van der Waals surface area contributed by atoms with Crippen LogP contribution in [0.25, 0.3) is 0 Å². The van der Waals surface area contributed by atoms with Crippen LogP contribution in [-0.2, 0) is 10.0 Å². The largest absolute Gasteiger partial charge is 0.268 e. The average Bonchev–Trinajstić information content (AvgIpc) is 2.14. The van der Waals surface area contributed by atoms with Gasteiger partial charge >= 0.3 is 0 Å². The van der Waals surface area contributed by atoms with Crippen molar-refractivity contribution in [1.82, 2.24) is 4.72 Å². The van der Waals surface area contributed by atoms with E-state index in [-0.39, 0.29) is 10.7 Å². The number of aliphatic imine (C=N–C) groups is 1. The molecule has 16 heavy (non-hydrogen) atoms. The van der Waals surface area contributed by atoms with Crippen molar-refractivity contribution < 1.29 is 8.42 Å². The molecule has 1 N–H and O–H groups in total. The third kappa shape index (κ3) is 3.92. The van der Waals surface area contributed by atoms with Crippen molar-refractivity contribution in [3.05, 3.63) is 12.3 Å². The lowest BCUT2D eigenvalue weighted by Crippen LogP contribution is -2.43. The number of hydrogen-bond donors (Lipinski definition) is 2. The minimum atomic E-state index is -3.37. The molecule has 0 aromatic heterocycles. The predicted octanol–water partition coefficient (Wildman–Crippen LogP) is 1.22. The second kappa shape index (κ2) is 4.89. The van der Waals surface area contributed by atoms with Crippen LogP contribution < -0.4 is 4.72 Å². The summed E-state index contributed by atoms with van der Waals surface area (Å²) in [5.74, 6) is -0.0574. The third-order valence-electron chi connectivity index (χ3n) is 2.29. The fourth-order valence-electron chi connectivity index (χ4n) is 1.30. The maximum absolute atomic E-state index is 12.0. The van der Waals surface area contributed by atoms with E-state index in [0.717, 1.165) is 0 Å². The van der Waals surface area contributed by atoms with Gasteiger partial charge in [-0.3, -0.25) is 4.99 Å². The first kappa shape index (κ1) is 13.7. The van der Waals surface area contributed by atoms with Gasteiger partial charge < -0.3 is 0 Å². The zero-order valence-corrected chi connectivity index (χ0v) is 11.4. The summed E-state index contributed by atoms with van der Waals surface area (Å²) in [5.41, 5.74) is 0. The number of thiol groups is 1. The van der Waals surface area contributed by atoms with Gasteiger partial charge in [-0.2, -0.15) is 12.6 Å². The van der Waals surface area contributed by atoms with Crippen LogP contribution in [0.1, 0.15) is 20.8 Å². The fraction of sp³-hybridized carbons (Fsp3) is 0.700.